The van der Waals surface area contributed by atoms with Crippen LogP contribution >= 0.6 is 11.6 Å². The Labute approximate surface area is 148 Å². The number of carbonyl (C=O) groups excluding carboxylic acids is 3. The molecule has 0 radical (unpaired) electrons. The molecule has 0 aromatic heterocycles. The maximum Gasteiger partial charge on any atom is 0.271 e. The number of halogens is 1. The first kappa shape index (κ1) is 15.7. The first-order chi connectivity index (χ1) is 12.0. The maximum absolute atomic E-state index is 13.0. The number of amides is 3. The van der Waals surface area contributed by atoms with Gasteiger partial charge in [-0.15, -0.1) is 0 Å². The second kappa shape index (κ2) is 5.60. The minimum absolute atomic E-state index is 0.183. The molecule has 7 heteroatoms. The van der Waals surface area contributed by atoms with Gasteiger partial charge in [-0.2, -0.15) is 0 Å². The van der Waals surface area contributed by atoms with Crippen molar-refractivity contribution < 1.29 is 14.4 Å². The molecule has 126 valence electrons. The van der Waals surface area contributed by atoms with Crippen molar-refractivity contribution >= 4 is 40.7 Å². The van der Waals surface area contributed by atoms with Gasteiger partial charge >= 0.3 is 0 Å². The molecule has 2 aliphatic heterocycles. The molecular weight excluding hydrogens is 342 g/mol. The van der Waals surface area contributed by atoms with Gasteiger partial charge in [0.1, 0.15) is 0 Å². The lowest BCUT2D eigenvalue weighted by Gasteiger charge is -2.41. The molecule has 1 fully saturated rings. The number of nitrogens with one attached hydrogen (secondary N) is 2. The average Bonchev–Trinajstić information content (AvgIpc) is 2.95. The van der Waals surface area contributed by atoms with Crippen molar-refractivity contribution in [1.82, 2.24) is 5.32 Å². The number of anilines is 2. The predicted molar refractivity (Wildman–Crippen MR) is 93.4 cm³/mol. The third kappa shape index (κ3) is 2.37. The van der Waals surface area contributed by atoms with Gasteiger partial charge in [0.25, 0.3) is 11.8 Å². The molecule has 6 nitrogen and oxygen atoms in total. The van der Waals surface area contributed by atoms with Crippen molar-refractivity contribution in [3.05, 3.63) is 59.1 Å². The molecule has 0 unspecified atom stereocenters. The quantitative estimate of drug-likeness (QED) is 0.869. The van der Waals surface area contributed by atoms with Gasteiger partial charge in [-0.25, -0.2) is 0 Å². The van der Waals surface area contributed by atoms with Gasteiger partial charge in [0.15, 0.2) is 0 Å². The Morgan fingerprint density at radius 2 is 1.84 bits per heavy atom. The maximum atomic E-state index is 13.0. The molecule has 4 rings (SSSR count). The van der Waals surface area contributed by atoms with Crippen molar-refractivity contribution in [3.8, 4) is 0 Å². The number of hydrogen-bond donors (Lipinski definition) is 2. The fourth-order valence-corrected chi connectivity index (χ4v) is 3.46. The molecule has 0 aliphatic carbocycles. The number of nitrogens with zero attached hydrogens (tertiary/aromatic N) is 1. The summed E-state index contributed by atoms with van der Waals surface area (Å²) in [6.45, 7) is 0. The minimum Gasteiger partial charge on any atom is -0.322 e. The summed E-state index contributed by atoms with van der Waals surface area (Å²) in [6, 6.07) is 13.4. The monoisotopic (exact) mass is 355 g/mol. The molecule has 0 spiro atoms. The number of carbonyl (C=O) groups is 3. The van der Waals surface area contributed by atoms with Crippen molar-refractivity contribution in [2.24, 2.45) is 0 Å². The fraction of sp³-hybridized carbons (Fsp3) is 0.167. The highest BCUT2D eigenvalue weighted by Crippen LogP contribution is 2.39. The van der Waals surface area contributed by atoms with E-state index >= 15 is 0 Å². The van der Waals surface area contributed by atoms with E-state index in [4.69, 9.17) is 11.6 Å². The van der Waals surface area contributed by atoms with Crippen LogP contribution in [-0.2, 0) is 9.59 Å². The van der Waals surface area contributed by atoms with Crippen LogP contribution in [0.3, 0.4) is 0 Å². The van der Waals surface area contributed by atoms with Gasteiger partial charge in [-0.05, 0) is 36.4 Å². The van der Waals surface area contributed by atoms with Crippen LogP contribution in [0.1, 0.15) is 23.2 Å². The van der Waals surface area contributed by atoms with Gasteiger partial charge in [-0.1, -0.05) is 23.7 Å². The molecule has 25 heavy (non-hydrogen) atoms. The van der Waals surface area contributed by atoms with E-state index in [2.05, 4.69) is 10.6 Å². The molecular formula is C18H14ClN3O3. The lowest BCUT2D eigenvalue weighted by atomic mass is 9.98. The summed E-state index contributed by atoms with van der Waals surface area (Å²) in [5.74, 6) is -1.02. The largest absolute Gasteiger partial charge is 0.322 e. The highest BCUT2D eigenvalue weighted by atomic mass is 35.5. The summed E-state index contributed by atoms with van der Waals surface area (Å²) in [5.41, 5.74) is -0.0360. The lowest BCUT2D eigenvalue weighted by molar-refractivity contribution is -0.124. The molecule has 1 saturated heterocycles. The Kier molecular flexibility index (Phi) is 3.51. The fourth-order valence-electron chi connectivity index (χ4n) is 3.34. The van der Waals surface area contributed by atoms with Gasteiger partial charge in [0, 0.05) is 23.6 Å². The van der Waals surface area contributed by atoms with Crippen LogP contribution in [0.2, 0.25) is 5.02 Å². The first-order valence-corrected chi connectivity index (χ1v) is 8.21. The van der Waals surface area contributed by atoms with Crippen LogP contribution in [0.4, 0.5) is 11.4 Å². The van der Waals surface area contributed by atoms with E-state index in [1.165, 1.54) is 4.90 Å². The number of para-hydroxylation sites is 1. The molecule has 2 aromatic rings. The number of rotatable bonds is 2. The highest BCUT2D eigenvalue weighted by molar-refractivity contribution is 6.30. The van der Waals surface area contributed by atoms with E-state index in [-0.39, 0.29) is 24.7 Å². The average molecular weight is 356 g/mol. The van der Waals surface area contributed by atoms with Crippen LogP contribution in [0.25, 0.3) is 0 Å². The molecule has 0 bridgehead atoms. The minimum atomic E-state index is -1.41. The molecule has 2 aromatic carbocycles. The van der Waals surface area contributed by atoms with E-state index in [0.29, 0.717) is 22.0 Å². The summed E-state index contributed by atoms with van der Waals surface area (Å²) in [5, 5.41) is 6.05. The van der Waals surface area contributed by atoms with E-state index in [9.17, 15) is 14.4 Å². The number of benzene rings is 2. The third-order valence-electron chi connectivity index (χ3n) is 4.52. The lowest BCUT2D eigenvalue weighted by Crippen LogP contribution is -2.68. The molecule has 3 amide bonds. The summed E-state index contributed by atoms with van der Waals surface area (Å²) >= 11 is 5.86. The molecule has 2 aliphatic rings. The Morgan fingerprint density at radius 1 is 1.12 bits per heavy atom. The second-order valence-electron chi connectivity index (χ2n) is 6.02. The molecule has 2 heterocycles. The number of fused-ring (bicyclic) bond motifs is 3. The molecule has 2 N–H and O–H groups in total. The Hall–Kier alpha value is -2.86. The zero-order chi connectivity index (χ0) is 17.6. The summed E-state index contributed by atoms with van der Waals surface area (Å²) < 4.78 is 0. The van der Waals surface area contributed by atoms with E-state index in [0.717, 1.165) is 0 Å². The molecule has 0 saturated carbocycles. The molecule has 1 atom stereocenters. The van der Waals surface area contributed by atoms with Crippen LogP contribution in [0, 0.1) is 0 Å². The Balaban J connectivity index is 1.74. The topological polar surface area (TPSA) is 78.5 Å². The van der Waals surface area contributed by atoms with Crippen LogP contribution in [0.5, 0.6) is 0 Å². The van der Waals surface area contributed by atoms with Crippen LogP contribution in [-0.4, -0.2) is 23.4 Å². The van der Waals surface area contributed by atoms with Crippen molar-refractivity contribution in [1.29, 1.82) is 0 Å². The van der Waals surface area contributed by atoms with Crippen LogP contribution in [0.15, 0.2) is 48.5 Å². The van der Waals surface area contributed by atoms with Crippen LogP contribution < -0.4 is 15.5 Å². The van der Waals surface area contributed by atoms with E-state index in [1.54, 1.807) is 48.5 Å². The summed E-state index contributed by atoms with van der Waals surface area (Å²) in [6.07, 6.45) is 0.397. The Morgan fingerprint density at radius 3 is 2.60 bits per heavy atom. The number of hydrogen-bond acceptors (Lipinski definition) is 3. The summed E-state index contributed by atoms with van der Waals surface area (Å²) in [7, 11) is 0. The van der Waals surface area contributed by atoms with Gasteiger partial charge in [0.2, 0.25) is 11.6 Å². The van der Waals surface area contributed by atoms with Gasteiger partial charge in [0.05, 0.1) is 11.3 Å². The van der Waals surface area contributed by atoms with Gasteiger partial charge in [-0.3, -0.25) is 19.3 Å². The van der Waals surface area contributed by atoms with E-state index < -0.39 is 11.6 Å². The SMILES string of the molecule is O=C1N[C@]2(C(=O)Nc3ccc(Cl)cc3)CCC(=O)N2c2ccccc21. The third-order valence-corrected chi connectivity index (χ3v) is 4.77. The smallest absolute Gasteiger partial charge is 0.271 e. The zero-order valence-electron chi connectivity index (χ0n) is 13.1. The highest BCUT2D eigenvalue weighted by Gasteiger charge is 2.56. The van der Waals surface area contributed by atoms with Crippen molar-refractivity contribution in [3.63, 3.8) is 0 Å². The second-order valence-corrected chi connectivity index (χ2v) is 6.46. The standard InChI is InChI=1S/C18H14ClN3O3/c19-11-5-7-12(8-6-11)20-17(25)18-10-9-15(23)22(18)14-4-2-1-3-13(14)16(24)21-18/h1-8H,9-10H2,(H,20,25)(H,21,24)/t18-/m1/s1. The van der Waals surface area contributed by atoms with Gasteiger partial charge < -0.3 is 10.6 Å². The van der Waals surface area contributed by atoms with Crippen molar-refractivity contribution in [2.45, 2.75) is 18.5 Å². The van der Waals surface area contributed by atoms with E-state index in [1.807, 2.05) is 0 Å². The predicted octanol–water partition coefficient (Wildman–Crippen LogP) is 2.55. The normalized spacial score (nSPS) is 21.4. The summed E-state index contributed by atoms with van der Waals surface area (Å²) in [4.78, 5) is 39.4. The Bertz CT molecular complexity index is 897. The zero-order valence-corrected chi connectivity index (χ0v) is 13.8. The van der Waals surface area contributed by atoms with Crippen molar-refractivity contribution in [2.75, 3.05) is 10.2 Å². The first-order valence-electron chi connectivity index (χ1n) is 7.83.